The summed E-state index contributed by atoms with van der Waals surface area (Å²) in [6.07, 6.45) is 7.93. The highest BCUT2D eigenvalue weighted by Crippen LogP contribution is 2.22. The summed E-state index contributed by atoms with van der Waals surface area (Å²) in [6, 6.07) is 5.59. The monoisotopic (exact) mass is 358 g/mol. The molecular weight excluding hydrogens is 340 g/mol. The van der Waals surface area contributed by atoms with E-state index >= 15 is 0 Å². The molecule has 0 aliphatic carbocycles. The Bertz CT molecular complexity index is 861. The third-order valence-corrected chi connectivity index (χ3v) is 4.52. The molecule has 6 nitrogen and oxygen atoms in total. The molecule has 0 saturated carbocycles. The smallest absolute Gasteiger partial charge is 0.129 e. The van der Waals surface area contributed by atoms with Crippen molar-refractivity contribution in [3.8, 4) is 11.1 Å². The third kappa shape index (κ3) is 3.98. The minimum absolute atomic E-state index is 0.310. The van der Waals surface area contributed by atoms with Gasteiger partial charge in [0, 0.05) is 36.7 Å². The fourth-order valence-corrected chi connectivity index (χ4v) is 3.08. The van der Waals surface area contributed by atoms with Crippen molar-refractivity contribution in [2.75, 3.05) is 19.8 Å². The van der Waals surface area contributed by atoms with Crippen molar-refractivity contribution in [3.05, 3.63) is 41.9 Å². The van der Waals surface area contributed by atoms with Crippen LogP contribution in [0.1, 0.15) is 12.8 Å². The first-order valence-electron chi connectivity index (χ1n) is 8.42. The molecule has 0 unspecified atom stereocenters. The van der Waals surface area contributed by atoms with Crippen LogP contribution in [-0.4, -0.2) is 45.7 Å². The molecule has 1 aliphatic heterocycles. The van der Waals surface area contributed by atoms with Crippen molar-refractivity contribution in [2.45, 2.75) is 25.5 Å². The second-order valence-electron chi connectivity index (χ2n) is 6.07. The minimum Gasteiger partial charge on any atom is -0.381 e. The second kappa shape index (κ2) is 7.47. The lowest BCUT2D eigenvalue weighted by molar-refractivity contribution is -0.0344. The highest BCUT2D eigenvalue weighted by Gasteiger charge is 2.13. The Kier molecular flexibility index (Phi) is 4.92. The van der Waals surface area contributed by atoms with Gasteiger partial charge in [0.25, 0.3) is 0 Å². The molecule has 0 amide bonds. The van der Waals surface area contributed by atoms with E-state index in [1.807, 2.05) is 35.4 Å². The van der Waals surface area contributed by atoms with Gasteiger partial charge in [0.1, 0.15) is 5.15 Å². The Labute approximate surface area is 150 Å². The number of ether oxygens (including phenoxy) is 2. The van der Waals surface area contributed by atoms with E-state index in [-0.39, 0.29) is 0 Å². The van der Waals surface area contributed by atoms with Crippen molar-refractivity contribution in [1.82, 2.24) is 19.7 Å². The summed E-state index contributed by atoms with van der Waals surface area (Å²) in [4.78, 5) is 8.75. The maximum absolute atomic E-state index is 5.97. The summed E-state index contributed by atoms with van der Waals surface area (Å²) < 4.78 is 13.1. The molecule has 1 aliphatic rings. The van der Waals surface area contributed by atoms with Crippen LogP contribution in [0.25, 0.3) is 22.2 Å². The van der Waals surface area contributed by atoms with Gasteiger partial charge >= 0.3 is 0 Å². The minimum atomic E-state index is 0.310. The third-order valence-electron chi connectivity index (χ3n) is 4.31. The van der Waals surface area contributed by atoms with Gasteiger partial charge in [-0.3, -0.25) is 9.67 Å². The van der Waals surface area contributed by atoms with E-state index in [2.05, 4.69) is 15.1 Å². The highest BCUT2D eigenvalue weighted by molar-refractivity contribution is 6.29. The molecule has 0 radical (unpaired) electrons. The number of fused-ring (bicyclic) bond motifs is 1. The molecular formula is C18H19ClN4O2. The van der Waals surface area contributed by atoms with E-state index in [1.165, 1.54) is 0 Å². The summed E-state index contributed by atoms with van der Waals surface area (Å²) in [5.74, 6) is 0. The van der Waals surface area contributed by atoms with Crippen LogP contribution in [0.4, 0.5) is 0 Å². The van der Waals surface area contributed by atoms with Crippen molar-refractivity contribution in [3.63, 3.8) is 0 Å². The fourth-order valence-electron chi connectivity index (χ4n) is 2.93. The molecule has 1 fully saturated rings. The van der Waals surface area contributed by atoms with Crippen molar-refractivity contribution in [1.29, 1.82) is 0 Å². The van der Waals surface area contributed by atoms with Crippen LogP contribution in [0.5, 0.6) is 0 Å². The predicted octanol–water partition coefficient (Wildman–Crippen LogP) is 3.34. The van der Waals surface area contributed by atoms with Crippen LogP contribution in [-0.2, 0) is 16.0 Å². The van der Waals surface area contributed by atoms with Crippen molar-refractivity contribution in [2.24, 2.45) is 0 Å². The first-order chi connectivity index (χ1) is 12.3. The predicted molar refractivity (Wildman–Crippen MR) is 95.6 cm³/mol. The van der Waals surface area contributed by atoms with Gasteiger partial charge in [-0.15, -0.1) is 0 Å². The molecule has 0 spiro atoms. The largest absolute Gasteiger partial charge is 0.381 e. The molecule has 1 saturated heterocycles. The lowest BCUT2D eigenvalue weighted by Gasteiger charge is -2.22. The molecule has 0 atom stereocenters. The summed E-state index contributed by atoms with van der Waals surface area (Å²) in [5, 5.41) is 4.88. The van der Waals surface area contributed by atoms with E-state index in [4.69, 9.17) is 21.1 Å². The lowest BCUT2D eigenvalue weighted by atomic mass is 10.1. The number of pyridine rings is 2. The van der Waals surface area contributed by atoms with Crippen LogP contribution < -0.4 is 0 Å². The summed E-state index contributed by atoms with van der Waals surface area (Å²) in [7, 11) is 0. The van der Waals surface area contributed by atoms with Crippen molar-refractivity contribution < 1.29 is 9.47 Å². The summed E-state index contributed by atoms with van der Waals surface area (Å²) in [5.41, 5.74) is 3.58. The van der Waals surface area contributed by atoms with Gasteiger partial charge in [-0.25, -0.2) is 4.98 Å². The number of nitrogens with zero attached hydrogens (tertiary/aromatic N) is 4. The SMILES string of the molecule is Clc1ccc2ncc(-c3cnn(CCOC4CCOCC4)c3)cc2n1. The molecule has 0 N–H and O–H groups in total. The van der Waals surface area contributed by atoms with Gasteiger partial charge in [-0.2, -0.15) is 5.10 Å². The van der Waals surface area contributed by atoms with E-state index in [0.29, 0.717) is 17.9 Å². The van der Waals surface area contributed by atoms with Crippen LogP contribution in [0.15, 0.2) is 36.8 Å². The van der Waals surface area contributed by atoms with Crippen molar-refractivity contribution >= 4 is 22.6 Å². The van der Waals surface area contributed by atoms with Gasteiger partial charge < -0.3 is 9.47 Å². The van der Waals surface area contributed by atoms with Crippen LogP contribution in [0.3, 0.4) is 0 Å². The number of rotatable bonds is 5. The van der Waals surface area contributed by atoms with Gasteiger partial charge in [-0.1, -0.05) is 11.6 Å². The van der Waals surface area contributed by atoms with Gasteiger partial charge in [0.05, 0.1) is 36.5 Å². The lowest BCUT2D eigenvalue weighted by Crippen LogP contribution is -2.24. The number of halogens is 1. The summed E-state index contributed by atoms with van der Waals surface area (Å²) >= 11 is 5.97. The average molecular weight is 359 g/mol. The number of aromatic nitrogens is 4. The zero-order valence-electron chi connectivity index (χ0n) is 13.8. The maximum atomic E-state index is 5.97. The molecule has 3 aromatic heterocycles. The quantitative estimate of drug-likeness (QED) is 0.654. The summed E-state index contributed by atoms with van der Waals surface area (Å²) in [6.45, 7) is 2.97. The van der Waals surface area contributed by atoms with E-state index in [0.717, 1.165) is 54.8 Å². The average Bonchev–Trinajstić information content (AvgIpc) is 3.11. The molecule has 7 heteroatoms. The Morgan fingerprint density at radius 2 is 2.04 bits per heavy atom. The van der Waals surface area contributed by atoms with Crippen LogP contribution >= 0.6 is 11.6 Å². The first-order valence-corrected chi connectivity index (χ1v) is 8.80. The topological polar surface area (TPSA) is 62.1 Å². The van der Waals surface area contributed by atoms with Gasteiger partial charge in [0.15, 0.2) is 0 Å². The Morgan fingerprint density at radius 1 is 1.16 bits per heavy atom. The molecule has 0 bridgehead atoms. The Balaban J connectivity index is 1.42. The van der Waals surface area contributed by atoms with Crippen LogP contribution in [0, 0.1) is 0 Å². The zero-order chi connectivity index (χ0) is 17.1. The molecule has 130 valence electrons. The van der Waals surface area contributed by atoms with E-state index in [1.54, 1.807) is 6.07 Å². The first kappa shape index (κ1) is 16.4. The zero-order valence-corrected chi connectivity index (χ0v) is 14.5. The van der Waals surface area contributed by atoms with Gasteiger partial charge in [-0.05, 0) is 31.0 Å². The van der Waals surface area contributed by atoms with Crippen LogP contribution in [0.2, 0.25) is 5.15 Å². The maximum Gasteiger partial charge on any atom is 0.129 e. The highest BCUT2D eigenvalue weighted by atomic mass is 35.5. The second-order valence-corrected chi connectivity index (χ2v) is 6.46. The number of hydrogen-bond acceptors (Lipinski definition) is 5. The standard InChI is InChI=1S/C18H19ClN4O2/c19-18-2-1-16-17(22-18)9-13(10-20-16)14-11-21-23(12-14)5-8-25-15-3-6-24-7-4-15/h1-2,9-12,15H,3-8H2. The Hall–Kier alpha value is -2.02. The molecule has 4 heterocycles. The van der Waals surface area contributed by atoms with Gasteiger partial charge in [0.2, 0.25) is 0 Å². The van der Waals surface area contributed by atoms with E-state index < -0.39 is 0 Å². The van der Waals surface area contributed by atoms with E-state index in [9.17, 15) is 0 Å². The molecule has 3 aromatic rings. The molecule has 0 aromatic carbocycles. The Morgan fingerprint density at radius 3 is 2.92 bits per heavy atom. The molecule has 25 heavy (non-hydrogen) atoms. The molecule has 4 rings (SSSR count). The normalized spacial score (nSPS) is 15.7. The number of hydrogen-bond donors (Lipinski definition) is 0. The fraction of sp³-hybridized carbons (Fsp3) is 0.389.